The molecule has 1 heterocycles. The van der Waals surface area contributed by atoms with Crippen LogP contribution in [0.5, 0.6) is 0 Å². The SMILES string of the molecule is Cc1ccc2c(c1)NC(C)(C)C[C@@H]2C. The number of nitrogens with one attached hydrogen (secondary N) is 1. The van der Waals surface area contributed by atoms with Crippen LogP contribution in [0.15, 0.2) is 18.2 Å². The summed E-state index contributed by atoms with van der Waals surface area (Å²) in [7, 11) is 0. The zero-order chi connectivity index (χ0) is 10.3. The average molecular weight is 189 g/mol. The van der Waals surface area contributed by atoms with Gasteiger partial charge in [0, 0.05) is 11.2 Å². The average Bonchev–Trinajstić information content (AvgIpc) is 2.00. The second kappa shape index (κ2) is 3.01. The topological polar surface area (TPSA) is 12.0 Å². The lowest BCUT2D eigenvalue weighted by Gasteiger charge is -2.37. The maximum atomic E-state index is 3.61. The van der Waals surface area contributed by atoms with Crippen LogP contribution in [0.3, 0.4) is 0 Å². The van der Waals surface area contributed by atoms with Crippen molar-refractivity contribution in [2.24, 2.45) is 0 Å². The molecule has 0 saturated heterocycles. The van der Waals surface area contributed by atoms with Crippen LogP contribution in [0.1, 0.15) is 44.2 Å². The number of anilines is 1. The molecule has 1 N–H and O–H groups in total. The lowest BCUT2D eigenvalue weighted by Crippen LogP contribution is -2.36. The molecule has 1 aliphatic heterocycles. The van der Waals surface area contributed by atoms with Gasteiger partial charge in [-0.05, 0) is 50.3 Å². The van der Waals surface area contributed by atoms with Gasteiger partial charge in [0.2, 0.25) is 0 Å². The van der Waals surface area contributed by atoms with E-state index in [1.807, 2.05) is 0 Å². The molecule has 0 unspecified atom stereocenters. The summed E-state index contributed by atoms with van der Waals surface area (Å²) in [6.45, 7) is 9.01. The molecule has 0 radical (unpaired) electrons. The van der Waals surface area contributed by atoms with Gasteiger partial charge in [0.25, 0.3) is 0 Å². The minimum Gasteiger partial charge on any atom is -0.380 e. The minimum atomic E-state index is 0.236. The number of fused-ring (bicyclic) bond motifs is 1. The lowest BCUT2D eigenvalue weighted by atomic mass is 9.82. The molecule has 2 rings (SSSR count). The van der Waals surface area contributed by atoms with Gasteiger partial charge >= 0.3 is 0 Å². The highest BCUT2D eigenvalue weighted by Gasteiger charge is 2.28. The summed E-state index contributed by atoms with van der Waals surface area (Å²) in [6, 6.07) is 6.72. The maximum absolute atomic E-state index is 3.61. The van der Waals surface area contributed by atoms with Crippen molar-refractivity contribution in [1.29, 1.82) is 0 Å². The van der Waals surface area contributed by atoms with Gasteiger partial charge in [0.15, 0.2) is 0 Å². The van der Waals surface area contributed by atoms with E-state index in [4.69, 9.17) is 0 Å². The van der Waals surface area contributed by atoms with E-state index in [2.05, 4.69) is 51.2 Å². The summed E-state index contributed by atoms with van der Waals surface area (Å²) in [5.74, 6) is 0.668. The first-order valence-electron chi connectivity index (χ1n) is 5.37. The smallest absolute Gasteiger partial charge is 0.0382 e. The molecule has 1 atom stereocenters. The molecule has 0 saturated carbocycles. The summed E-state index contributed by atoms with van der Waals surface area (Å²) in [5, 5.41) is 3.61. The molecule has 0 bridgehead atoms. The van der Waals surface area contributed by atoms with Gasteiger partial charge in [-0.15, -0.1) is 0 Å². The van der Waals surface area contributed by atoms with Crippen molar-refractivity contribution in [2.45, 2.75) is 45.6 Å². The van der Waals surface area contributed by atoms with E-state index in [1.54, 1.807) is 0 Å². The minimum absolute atomic E-state index is 0.236. The second-order valence-electron chi connectivity index (χ2n) is 5.20. The fraction of sp³-hybridized carbons (Fsp3) is 0.538. The molecular formula is C13H19N. The van der Waals surface area contributed by atoms with Crippen LogP contribution in [0, 0.1) is 6.92 Å². The summed E-state index contributed by atoms with van der Waals surface area (Å²) in [6.07, 6.45) is 1.21. The van der Waals surface area contributed by atoms with Crippen molar-refractivity contribution < 1.29 is 0 Å². The Bertz CT molecular complexity index is 352. The van der Waals surface area contributed by atoms with Crippen molar-refractivity contribution in [3.05, 3.63) is 29.3 Å². The molecule has 0 aliphatic carbocycles. The third-order valence-corrected chi connectivity index (χ3v) is 3.03. The van der Waals surface area contributed by atoms with Gasteiger partial charge in [0.05, 0.1) is 0 Å². The quantitative estimate of drug-likeness (QED) is 0.656. The van der Waals surface area contributed by atoms with Crippen molar-refractivity contribution in [3.63, 3.8) is 0 Å². The molecule has 0 spiro atoms. The van der Waals surface area contributed by atoms with Crippen LogP contribution in [-0.2, 0) is 0 Å². The Morgan fingerprint density at radius 3 is 2.79 bits per heavy atom. The van der Waals surface area contributed by atoms with Gasteiger partial charge in [-0.1, -0.05) is 19.1 Å². The Labute approximate surface area is 86.5 Å². The maximum Gasteiger partial charge on any atom is 0.0382 e. The molecular weight excluding hydrogens is 170 g/mol. The molecule has 0 amide bonds. The van der Waals surface area contributed by atoms with E-state index in [1.165, 1.54) is 23.2 Å². The van der Waals surface area contributed by atoms with Gasteiger partial charge in [0.1, 0.15) is 0 Å². The van der Waals surface area contributed by atoms with Crippen molar-refractivity contribution >= 4 is 5.69 Å². The van der Waals surface area contributed by atoms with E-state index >= 15 is 0 Å². The molecule has 1 aromatic carbocycles. The van der Waals surface area contributed by atoms with E-state index in [-0.39, 0.29) is 5.54 Å². The third kappa shape index (κ3) is 1.63. The molecule has 14 heavy (non-hydrogen) atoms. The van der Waals surface area contributed by atoms with Crippen molar-refractivity contribution in [1.82, 2.24) is 0 Å². The molecule has 76 valence electrons. The van der Waals surface area contributed by atoms with E-state index in [0.717, 1.165) is 0 Å². The Balaban J connectivity index is 2.46. The zero-order valence-corrected chi connectivity index (χ0v) is 9.52. The highest BCUT2D eigenvalue weighted by molar-refractivity contribution is 5.58. The first kappa shape index (κ1) is 9.57. The van der Waals surface area contributed by atoms with Crippen molar-refractivity contribution in [3.8, 4) is 0 Å². The number of hydrogen-bond donors (Lipinski definition) is 1. The van der Waals surface area contributed by atoms with E-state index in [9.17, 15) is 0 Å². The van der Waals surface area contributed by atoms with Crippen LogP contribution in [0.2, 0.25) is 0 Å². The predicted molar refractivity (Wildman–Crippen MR) is 61.9 cm³/mol. The Hall–Kier alpha value is -0.980. The third-order valence-electron chi connectivity index (χ3n) is 3.03. The number of benzene rings is 1. The molecule has 1 aromatic rings. The van der Waals surface area contributed by atoms with Gasteiger partial charge < -0.3 is 5.32 Å². The Kier molecular flexibility index (Phi) is 2.06. The molecule has 1 aliphatic rings. The summed E-state index contributed by atoms with van der Waals surface area (Å²) in [4.78, 5) is 0. The standard InChI is InChI=1S/C13H19N/c1-9-5-6-11-10(2)8-13(3,4)14-12(11)7-9/h5-7,10,14H,8H2,1-4H3/t10-/m0/s1. The number of aryl methyl sites for hydroxylation is 1. The molecule has 1 nitrogen and oxygen atoms in total. The summed E-state index contributed by atoms with van der Waals surface area (Å²) < 4.78 is 0. The van der Waals surface area contributed by atoms with E-state index < -0.39 is 0 Å². The molecule has 1 heteroatoms. The first-order chi connectivity index (χ1) is 6.48. The highest BCUT2D eigenvalue weighted by Crippen LogP contribution is 2.38. The van der Waals surface area contributed by atoms with E-state index in [0.29, 0.717) is 5.92 Å². The van der Waals surface area contributed by atoms with Crippen LogP contribution in [-0.4, -0.2) is 5.54 Å². The number of hydrogen-bond acceptors (Lipinski definition) is 1. The first-order valence-corrected chi connectivity index (χ1v) is 5.37. The van der Waals surface area contributed by atoms with Gasteiger partial charge in [-0.3, -0.25) is 0 Å². The van der Waals surface area contributed by atoms with Crippen LogP contribution >= 0.6 is 0 Å². The van der Waals surface area contributed by atoms with Crippen LogP contribution in [0.4, 0.5) is 5.69 Å². The van der Waals surface area contributed by atoms with Crippen LogP contribution in [0.25, 0.3) is 0 Å². The lowest BCUT2D eigenvalue weighted by molar-refractivity contribution is 0.454. The molecule has 0 aromatic heterocycles. The molecule has 0 fully saturated rings. The zero-order valence-electron chi connectivity index (χ0n) is 9.52. The monoisotopic (exact) mass is 189 g/mol. The second-order valence-corrected chi connectivity index (χ2v) is 5.20. The summed E-state index contributed by atoms with van der Waals surface area (Å²) >= 11 is 0. The number of rotatable bonds is 0. The van der Waals surface area contributed by atoms with Crippen LogP contribution < -0.4 is 5.32 Å². The Morgan fingerprint density at radius 1 is 1.36 bits per heavy atom. The largest absolute Gasteiger partial charge is 0.380 e. The van der Waals surface area contributed by atoms with Gasteiger partial charge in [-0.25, -0.2) is 0 Å². The van der Waals surface area contributed by atoms with Crippen molar-refractivity contribution in [2.75, 3.05) is 5.32 Å². The fourth-order valence-electron chi connectivity index (χ4n) is 2.50. The summed E-state index contributed by atoms with van der Waals surface area (Å²) in [5.41, 5.74) is 4.37. The normalized spacial score (nSPS) is 23.9. The highest BCUT2D eigenvalue weighted by atomic mass is 15.0. The Morgan fingerprint density at radius 2 is 2.07 bits per heavy atom. The predicted octanol–water partition coefficient (Wildman–Crippen LogP) is 3.69. The fourth-order valence-corrected chi connectivity index (χ4v) is 2.50. The van der Waals surface area contributed by atoms with Gasteiger partial charge in [-0.2, -0.15) is 0 Å².